The zero-order valence-corrected chi connectivity index (χ0v) is 22.6. The first-order valence-electron chi connectivity index (χ1n) is 13.3. The van der Waals surface area contributed by atoms with Crippen LogP contribution in [-0.2, 0) is 25.6 Å². The van der Waals surface area contributed by atoms with Gasteiger partial charge in [0.2, 0.25) is 17.7 Å². The van der Waals surface area contributed by atoms with Crippen LogP contribution >= 0.6 is 0 Å². The maximum absolute atomic E-state index is 13.0. The molecule has 9 nitrogen and oxygen atoms in total. The molecule has 4 amide bonds. The van der Waals surface area contributed by atoms with E-state index in [1.165, 1.54) is 0 Å². The first kappa shape index (κ1) is 30.4. The summed E-state index contributed by atoms with van der Waals surface area (Å²) in [6.45, 7) is 4.40. The fourth-order valence-corrected chi connectivity index (χ4v) is 5.18. The Labute approximate surface area is 226 Å². The Bertz CT molecular complexity index is 1020. The minimum absolute atomic E-state index is 0.0403. The average molecular weight is 554 g/mol. The number of piperidine rings is 1. The molecule has 2 fully saturated rings. The molecule has 3 N–H and O–H groups in total. The lowest BCUT2D eigenvalue weighted by Gasteiger charge is -2.53. The number of halogens is 3. The van der Waals surface area contributed by atoms with E-state index in [0.29, 0.717) is 38.8 Å². The van der Waals surface area contributed by atoms with Crippen LogP contribution in [0.2, 0.25) is 0 Å². The zero-order chi connectivity index (χ0) is 28.8. The number of carbonyl (C=O) groups is 4. The van der Waals surface area contributed by atoms with Crippen molar-refractivity contribution in [2.75, 3.05) is 39.8 Å². The highest BCUT2D eigenvalue weighted by Crippen LogP contribution is 2.41. The third-order valence-electron chi connectivity index (χ3n) is 7.46. The molecule has 2 aliphatic rings. The molecule has 1 spiro atoms. The molecular formula is C27H38F3N5O4. The summed E-state index contributed by atoms with van der Waals surface area (Å²) < 4.78 is 37.9. The SMILES string of the molecule is CN[C@H](Cc1ccccc1)C(=O)NC(CC(C)C)C(=O)NCC(=O)N1CCC2(CC1)CN(C(=O)C(F)(F)F)C2. The van der Waals surface area contributed by atoms with Gasteiger partial charge in [-0.3, -0.25) is 19.2 Å². The van der Waals surface area contributed by atoms with Crippen LogP contribution in [0.3, 0.4) is 0 Å². The van der Waals surface area contributed by atoms with Crippen LogP contribution in [0.1, 0.15) is 38.7 Å². The zero-order valence-electron chi connectivity index (χ0n) is 22.6. The smallest absolute Gasteiger partial charge is 0.345 e. The summed E-state index contributed by atoms with van der Waals surface area (Å²) in [5.41, 5.74) is 0.587. The summed E-state index contributed by atoms with van der Waals surface area (Å²) in [4.78, 5) is 52.4. The predicted molar refractivity (Wildman–Crippen MR) is 138 cm³/mol. The van der Waals surface area contributed by atoms with Crippen LogP contribution in [0.25, 0.3) is 0 Å². The van der Waals surface area contributed by atoms with Gasteiger partial charge in [0.1, 0.15) is 6.04 Å². The molecule has 2 heterocycles. The molecule has 12 heteroatoms. The van der Waals surface area contributed by atoms with Gasteiger partial charge in [0, 0.05) is 31.6 Å². The lowest BCUT2D eigenvalue weighted by atomic mass is 9.72. The maximum Gasteiger partial charge on any atom is 0.471 e. The van der Waals surface area contributed by atoms with E-state index in [1.54, 1.807) is 11.9 Å². The van der Waals surface area contributed by atoms with Crippen molar-refractivity contribution in [2.24, 2.45) is 11.3 Å². The number of carbonyl (C=O) groups excluding carboxylic acids is 4. The quantitative estimate of drug-likeness (QED) is 0.407. The van der Waals surface area contributed by atoms with Crippen molar-refractivity contribution in [3.05, 3.63) is 35.9 Å². The van der Waals surface area contributed by atoms with Crippen LogP contribution in [0, 0.1) is 11.3 Å². The van der Waals surface area contributed by atoms with E-state index in [2.05, 4.69) is 16.0 Å². The van der Waals surface area contributed by atoms with Gasteiger partial charge in [-0.05, 0) is 44.2 Å². The van der Waals surface area contributed by atoms with Gasteiger partial charge in [0.25, 0.3) is 0 Å². The molecule has 39 heavy (non-hydrogen) atoms. The molecule has 0 aromatic heterocycles. The Morgan fingerprint density at radius 1 is 0.949 bits per heavy atom. The summed E-state index contributed by atoms with van der Waals surface area (Å²) in [7, 11) is 1.68. The molecule has 1 aromatic carbocycles. The van der Waals surface area contributed by atoms with Crippen LogP contribution in [0.4, 0.5) is 13.2 Å². The van der Waals surface area contributed by atoms with Gasteiger partial charge in [0.15, 0.2) is 0 Å². The molecule has 2 saturated heterocycles. The number of likely N-dealkylation sites (N-methyl/N-ethyl adjacent to an activating group) is 1. The van der Waals surface area contributed by atoms with E-state index < -0.39 is 35.5 Å². The van der Waals surface area contributed by atoms with Gasteiger partial charge in [-0.2, -0.15) is 13.2 Å². The van der Waals surface area contributed by atoms with E-state index in [1.807, 2.05) is 44.2 Å². The first-order chi connectivity index (χ1) is 18.3. The third kappa shape index (κ3) is 8.17. The Morgan fingerprint density at radius 2 is 1.56 bits per heavy atom. The molecule has 216 valence electrons. The Kier molecular flexibility index (Phi) is 9.98. The predicted octanol–water partition coefficient (Wildman–Crippen LogP) is 1.48. The molecule has 0 aliphatic carbocycles. The van der Waals surface area contributed by atoms with Crippen LogP contribution in [-0.4, -0.2) is 91.5 Å². The van der Waals surface area contributed by atoms with Crippen LogP contribution < -0.4 is 16.0 Å². The average Bonchev–Trinajstić information content (AvgIpc) is 2.87. The van der Waals surface area contributed by atoms with E-state index in [-0.39, 0.29) is 37.4 Å². The summed E-state index contributed by atoms with van der Waals surface area (Å²) in [5.74, 6) is -2.77. The van der Waals surface area contributed by atoms with E-state index in [0.717, 1.165) is 10.5 Å². The van der Waals surface area contributed by atoms with Crippen molar-refractivity contribution in [2.45, 2.75) is 57.8 Å². The number of hydrogen-bond acceptors (Lipinski definition) is 5. The summed E-state index contributed by atoms with van der Waals surface area (Å²) >= 11 is 0. The molecule has 2 atom stereocenters. The lowest BCUT2D eigenvalue weighted by Crippen LogP contribution is -2.64. The van der Waals surface area contributed by atoms with Crippen molar-refractivity contribution in [3.8, 4) is 0 Å². The highest BCUT2D eigenvalue weighted by atomic mass is 19.4. The first-order valence-corrected chi connectivity index (χ1v) is 13.3. The Hall–Kier alpha value is -3.15. The Morgan fingerprint density at radius 3 is 2.10 bits per heavy atom. The van der Waals surface area contributed by atoms with Crippen molar-refractivity contribution in [1.82, 2.24) is 25.8 Å². The van der Waals surface area contributed by atoms with E-state index >= 15 is 0 Å². The van der Waals surface area contributed by atoms with Gasteiger partial charge in [-0.25, -0.2) is 0 Å². The second kappa shape index (κ2) is 12.8. The number of nitrogens with one attached hydrogen (secondary N) is 3. The molecule has 0 radical (unpaired) electrons. The van der Waals surface area contributed by atoms with Gasteiger partial charge in [-0.1, -0.05) is 44.2 Å². The standard InChI is InChI=1S/C27H38F3N5O4/c1-18(2)13-21(33-24(38)20(31-3)14-19-7-5-4-6-8-19)23(37)32-15-22(36)34-11-9-26(10-12-34)16-35(17-26)25(39)27(28,29)30/h4-8,18,20-21,31H,9-17H2,1-3H3,(H,32,37)(H,33,38)/t20-,21?/m1/s1. The van der Waals surface area contributed by atoms with E-state index in [4.69, 9.17) is 0 Å². The second-order valence-corrected chi connectivity index (χ2v) is 11.0. The summed E-state index contributed by atoms with van der Waals surface area (Å²) in [5, 5.41) is 8.45. The minimum Gasteiger partial charge on any atom is -0.345 e. The normalized spacial score (nSPS) is 18.3. The largest absolute Gasteiger partial charge is 0.471 e. The monoisotopic (exact) mass is 553 g/mol. The highest BCUT2D eigenvalue weighted by molar-refractivity contribution is 5.92. The number of rotatable bonds is 10. The van der Waals surface area contributed by atoms with E-state index in [9.17, 15) is 32.3 Å². The van der Waals surface area contributed by atoms with Crippen molar-refractivity contribution in [3.63, 3.8) is 0 Å². The third-order valence-corrected chi connectivity index (χ3v) is 7.46. The lowest BCUT2D eigenvalue weighted by molar-refractivity contribution is -0.198. The fourth-order valence-electron chi connectivity index (χ4n) is 5.18. The Balaban J connectivity index is 1.47. The highest BCUT2D eigenvalue weighted by Gasteiger charge is 2.53. The van der Waals surface area contributed by atoms with Crippen LogP contribution in [0.5, 0.6) is 0 Å². The van der Waals surface area contributed by atoms with Crippen molar-refractivity contribution in [1.29, 1.82) is 0 Å². The van der Waals surface area contributed by atoms with Gasteiger partial charge < -0.3 is 25.8 Å². The number of nitrogens with zero attached hydrogens (tertiary/aromatic N) is 2. The van der Waals surface area contributed by atoms with Gasteiger partial charge >= 0.3 is 12.1 Å². The molecule has 3 rings (SSSR count). The molecular weight excluding hydrogens is 515 g/mol. The maximum atomic E-state index is 13.0. The molecule has 0 saturated carbocycles. The molecule has 1 aromatic rings. The molecule has 0 bridgehead atoms. The number of benzene rings is 1. The number of alkyl halides is 3. The van der Waals surface area contributed by atoms with Crippen LogP contribution in [0.15, 0.2) is 30.3 Å². The topological polar surface area (TPSA) is 111 Å². The second-order valence-electron chi connectivity index (χ2n) is 11.0. The van der Waals surface area contributed by atoms with Gasteiger partial charge in [-0.15, -0.1) is 0 Å². The van der Waals surface area contributed by atoms with Gasteiger partial charge in [0.05, 0.1) is 12.6 Å². The molecule has 1 unspecified atom stereocenters. The van der Waals surface area contributed by atoms with Crippen molar-refractivity contribution < 1.29 is 32.3 Å². The minimum atomic E-state index is -4.88. The summed E-state index contributed by atoms with van der Waals surface area (Å²) in [6.07, 6.45) is -3.04. The fraction of sp³-hybridized carbons (Fsp3) is 0.630. The number of amides is 4. The number of hydrogen-bond donors (Lipinski definition) is 3. The number of likely N-dealkylation sites (tertiary alicyclic amines) is 2. The van der Waals surface area contributed by atoms with Crippen molar-refractivity contribution >= 4 is 23.6 Å². The summed E-state index contributed by atoms with van der Waals surface area (Å²) in [6, 6.07) is 8.18. The molecule has 2 aliphatic heterocycles.